The Morgan fingerprint density at radius 2 is 1.81 bits per heavy atom. The largest absolute Gasteiger partial charge is 0.496 e. The quantitative estimate of drug-likeness (QED) is 0.770. The molecule has 3 nitrogen and oxygen atoms in total. The lowest BCUT2D eigenvalue weighted by atomic mass is 9.83. The van der Waals surface area contributed by atoms with Gasteiger partial charge < -0.3 is 4.74 Å². The first kappa shape index (κ1) is 16.0. The van der Waals surface area contributed by atoms with Gasteiger partial charge >= 0.3 is 0 Å². The zero-order valence-electron chi connectivity index (χ0n) is 13.5. The fraction of sp³-hybridized carbons (Fsp3) is 0.611. The van der Waals surface area contributed by atoms with Gasteiger partial charge in [0.15, 0.2) is 5.78 Å². The van der Waals surface area contributed by atoms with Crippen molar-refractivity contribution in [3.63, 3.8) is 0 Å². The van der Waals surface area contributed by atoms with Gasteiger partial charge in [0.2, 0.25) is 0 Å². The number of ether oxygens (including phenoxy) is 1. The van der Waals surface area contributed by atoms with Crippen molar-refractivity contribution in [1.29, 1.82) is 0 Å². The van der Waals surface area contributed by atoms with E-state index in [-0.39, 0.29) is 5.54 Å². The van der Waals surface area contributed by atoms with Gasteiger partial charge in [0.05, 0.1) is 12.6 Å². The predicted octanol–water partition coefficient (Wildman–Crippen LogP) is 3.46. The molecule has 0 saturated carbocycles. The summed E-state index contributed by atoms with van der Waals surface area (Å²) in [4.78, 5) is 15.5. The van der Waals surface area contributed by atoms with E-state index in [0.29, 0.717) is 12.2 Å². The number of likely N-dealkylation sites (tertiary alicyclic amines) is 1. The number of hydrogen-bond donors (Lipinski definition) is 0. The maximum atomic E-state index is 13.1. The molecule has 1 heterocycles. The predicted molar refractivity (Wildman–Crippen MR) is 85.8 cm³/mol. The third kappa shape index (κ3) is 3.13. The molecule has 1 fully saturated rings. The van der Waals surface area contributed by atoms with E-state index in [1.807, 2.05) is 24.3 Å². The molecule has 0 unspecified atom stereocenters. The highest BCUT2D eigenvalue weighted by molar-refractivity contribution is 5.90. The van der Waals surface area contributed by atoms with E-state index in [9.17, 15) is 4.79 Å². The van der Waals surface area contributed by atoms with Gasteiger partial charge in [-0.25, -0.2) is 0 Å². The lowest BCUT2D eigenvalue weighted by Crippen LogP contribution is -2.53. The first-order chi connectivity index (χ1) is 10.2. The van der Waals surface area contributed by atoms with E-state index in [1.165, 1.54) is 12.8 Å². The monoisotopic (exact) mass is 289 g/mol. The number of Topliss-reactive ketones (excluding diaryl/α,β-unsaturated/α-hetero) is 1. The highest BCUT2D eigenvalue weighted by Gasteiger charge is 2.41. The summed E-state index contributed by atoms with van der Waals surface area (Å²) in [7, 11) is 1.66. The summed E-state index contributed by atoms with van der Waals surface area (Å²) >= 11 is 0. The molecule has 0 N–H and O–H groups in total. The smallest absolute Gasteiger partial charge is 0.157 e. The highest BCUT2D eigenvalue weighted by Crippen LogP contribution is 2.31. The van der Waals surface area contributed by atoms with Crippen molar-refractivity contribution in [2.75, 3.05) is 20.2 Å². The molecular weight excluding hydrogens is 262 g/mol. The molecule has 116 valence electrons. The molecule has 1 aromatic carbocycles. The average molecular weight is 289 g/mol. The molecule has 0 spiro atoms. The van der Waals surface area contributed by atoms with Gasteiger partial charge in [-0.05, 0) is 44.8 Å². The first-order valence-electron chi connectivity index (χ1n) is 8.08. The zero-order chi connectivity index (χ0) is 15.3. The Hall–Kier alpha value is -1.35. The summed E-state index contributed by atoms with van der Waals surface area (Å²) < 4.78 is 5.39. The van der Waals surface area contributed by atoms with Crippen LogP contribution in [0.3, 0.4) is 0 Å². The van der Waals surface area contributed by atoms with Gasteiger partial charge in [-0.3, -0.25) is 9.69 Å². The van der Waals surface area contributed by atoms with E-state index < -0.39 is 0 Å². The number of hydrogen-bond acceptors (Lipinski definition) is 3. The Labute approximate surface area is 128 Å². The molecule has 1 aromatic rings. The van der Waals surface area contributed by atoms with Gasteiger partial charge in [0, 0.05) is 12.0 Å². The second kappa shape index (κ2) is 7.08. The normalized spacial score (nSPS) is 16.1. The minimum atomic E-state index is -0.294. The van der Waals surface area contributed by atoms with E-state index >= 15 is 0 Å². The van der Waals surface area contributed by atoms with Crippen molar-refractivity contribution in [2.45, 2.75) is 51.5 Å². The topological polar surface area (TPSA) is 29.5 Å². The highest BCUT2D eigenvalue weighted by atomic mass is 16.5. The Morgan fingerprint density at radius 3 is 2.38 bits per heavy atom. The van der Waals surface area contributed by atoms with Gasteiger partial charge in [-0.2, -0.15) is 0 Å². The van der Waals surface area contributed by atoms with Gasteiger partial charge in [0.1, 0.15) is 5.75 Å². The molecule has 0 amide bonds. The number of ketones is 1. The van der Waals surface area contributed by atoms with Crippen LogP contribution in [-0.2, 0) is 11.2 Å². The summed E-state index contributed by atoms with van der Waals surface area (Å²) in [5, 5.41) is 0. The molecular formula is C18H27NO2. The summed E-state index contributed by atoms with van der Waals surface area (Å²) in [5.74, 6) is 1.15. The summed E-state index contributed by atoms with van der Waals surface area (Å²) in [6.45, 7) is 6.39. The molecule has 1 aliphatic rings. The standard InChI is InChI=1S/C18H27NO2/c1-4-18(5-2,19-12-8-9-13-19)17(20)14-15-10-6-7-11-16(15)21-3/h6-7,10-11H,4-5,8-9,12-14H2,1-3H3. The van der Waals surface area contributed by atoms with Crippen molar-refractivity contribution >= 4 is 5.78 Å². The third-order valence-electron chi connectivity index (χ3n) is 4.94. The third-order valence-corrected chi connectivity index (χ3v) is 4.94. The van der Waals surface area contributed by atoms with Crippen LogP contribution in [-0.4, -0.2) is 36.4 Å². The fourth-order valence-corrected chi connectivity index (χ4v) is 3.60. The number of carbonyl (C=O) groups excluding carboxylic acids is 1. The maximum Gasteiger partial charge on any atom is 0.157 e. The molecule has 1 aliphatic heterocycles. The maximum absolute atomic E-state index is 13.1. The summed E-state index contributed by atoms with van der Waals surface area (Å²) in [6.07, 6.45) is 4.66. The van der Waals surface area contributed by atoms with E-state index in [0.717, 1.165) is 37.2 Å². The van der Waals surface area contributed by atoms with E-state index in [2.05, 4.69) is 18.7 Å². The number of benzene rings is 1. The first-order valence-corrected chi connectivity index (χ1v) is 8.08. The second-order valence-electron chi connectivity index (χ2n) is 5.84. The van der Waals surface area contributed by atoms with Crippen molar-refractivity contribution in [1.82, 2.24) is 4.90 Å². The van der Waals surface area contributed by atoms with Gasteiger partial charge in [-0.1, -0.05) is 32.0 Å². The molecule has 0 aromatic heterocycles. The minimum absolute atomic E-state index is 0.294. The van der Waals surface area contributed by atoms with Crippen LogP contribution in [0.15, 0.2) is 24.3 Å². The fourth-order valence-electron chi connectivity index (χ4n) is 3.60. The van der Waals surface area contributed by atoms with Gasteiger partial charge in [-0.15, -0.1) is 0 Å². The van der Waals surface area contributed by atoms with Crippen LogP contribution in [0.2, 0.25) is 0 Å². The summed E-state index contributed by atoms with van der Waals surface area (Å²) in [5.41, 5.74) is 0.702. The Bertz CT molecular complexity index is 474. The SMILES string of the molecule is CCC(CC)(C(=O)Cc1ccccc1OC)N1CCCC1. The molecule has 0 aliphatic carbocycles. The number of para-hydroxylation sites is 1. The Kier molecular flexibility index (Phi) is 5.40. The van der Waals surface area contributed by atoms with Gasteiger partial charge in [0.25, 0.3) is 0 Å². The number of nitrogens with zero attached hydrogens (tertiary/aromatic N) is 1. The average Bonchev–Trinajstić information content (AvgIpc) is 3.04. The van der Waals surface area contributed by atoms with Crippen LogP contribution in [0.1, 0.15) is 45.1 Å². The van der Waals surface area contributed by atoms with E-state index in [1.54, 1.807) is 7.11 Å². The summed E-state index contributed by atoms with van der Waals surface area (Å²) in [6, 6.07) is 7.84. The lowest BCUT2D eigenvalue weighted by molar-refractivity contribution is -0.130. The molecule has 3 heteroatoms. The second-order valence-corrected chi connectivity index (χ2v) is 5.84. The molecule has 2 rings (SSSR count). The Morgan fingerprint density at radius 1 is 1.19 bits per heavy atom. The Balaban J connectivity index is 2.22. The van der Waals surface area contributed by atoms with Crippen molar-refractivity contribution in [3.8, 4) is 5.75 Å². The van der Waals surface area contributed by atoms with Crippen molar-refractivity contribution in [2.24, 2.45) is 0 Å². The van der Waals surface area contributed by atoms with Crippen molar-refractivity contribution in [3.05, 3.63) is 29.8 Å². The van der Waals surface area contributed by atoms with Crippen LogP contribution in [0, 0.1) is 0 Å². The molecule has 0 atom stereocenters. The lowest BCUT2D eigenvalue weighted by Gasteiger charge is -2.39. The van der Waals surface area contributed by atoms with Crippen LogP contribution in [0.4, 0.5) is 0 Å². The minimum Gasteiger partial charge on any atom is -0.496 e. The number of rotatable bonds is 7. The van der Waals surface area contributed by atoms with Crippen LogP contribution >= 0.6 is 0 Å². The number of methoxy groups -OCH3 is 1. The van der Waals surface area contributed by atoms with Crippen LogP contribution < -0.4 is 4.74 Å². The molecule has 0 radical (unpaired) electrons. The molecule has 1 saturated heterocycles. The van der Waals surface area contributed by atoms with Crippen molar-refractivity contribution < 1.29 is 9.53 Å². The number of carbonyl (C=O) groups is 1. The van der Waals surface area contributed by atoms with E-state index in [4.69, 9.17) is 4.74 Å². The molecule has 0 bridgehead atoms. The zero-order valence-corrected chi connectivity index (χ0v) is 13.5. The van der Waals surface area contributed by atoms with Crippen LogP contribution in [0.5, 0.6) is 5.75 Å². The van der Waals surface area contributed by atoms with Crippen LogP contribution in [0.25, 0.3) is 0 Å². The molecule has 21 heavy (non-hydrogen) atoms.